The van der Waals surface area contributed by atoms with E-state index in [1.807, 2.05) is 6.92 Å². The van der Waals surface area contributed by atoms with Crippen molar-refractivity contribution in [3.05, 3.63) is 4.88 Å². The summed E-state index contributed by atoms with van der Waals surface area (Å²) in [6.07, 6.45) is 1.02. The molecule has 0 aliphatic rings. The van der Waals surface area contributed by atoms with E-state index in [9.17, 15) is 4.79 Å². The Balaban J connectivity index is 2.64. The van der Waals surface area contributed by atoms with Crippen molar-refractivity contribution in [3.63, 3.8) is 0 Å². The van der Waals surface area contributed by atoms with Gasteiger partial charge in [0, 0.05) is 19.7 Å². The van der Waals surface area contributed by atoms with Gasteiger partial charge in [0.05, 0.1) is 6.61 Å². The van der Waals surface area contributed by atoms with Gasteiger partial charge in [-0.15, -0.1) is 0 Å². The molecule has 0 aromatic carbocycles. The van der Waals surface area contributed by atoms with E-state index in [1.165, 1.54) is 11.3 Å². The van der Waals surface area contributed by atoms with E-state index in [0.717, 1.165) is 6.42 Å². The lowest BCUT2D eigenvalue weighted by Gasteiger charge is -2.19. The zero-order valence-corrected chi connectivity index (χ0v) is 13.3. The first kappa shape index (κ1) is 16.7. The number of nitrogens with zero attached hydrogens (tertiary/aromatic N) is 1. The number of rotatable bonds is 8. The molecule has 1 heterocycles. The molecule has 0 aliphatic carbocycles. The summed E-state index contributed by atoms with van der Waals surface area (Å²) in [7, 11) is 1.63. The maximum atomic E-state index is 12.2. The van der Waals surface area contributed by atoms with Crippen LogP contribution in [0.2, 0.25) is 0 Å². The molecule has 6 nitrogen and oxygen atoms in total. The molecule has 2 atom stereocenters. The SMILES string of the molecule is CCC(C)C(C)NC(=O)c1sc(NCCOC)nc1N. The average Bonchev–Trinajstić information content (AvgIpc) is 2.79. The van der Waals surface area contributed by atoms with Crippen LogP contribution in [0, 0.1) is 5.92 Å². The summed E-state index contributed by atoms with van der Waals surface area (Å²) in [5.74, 6) is 0.531. The van der Waals surface area contributed by atoms with Crippen LogP contribution >= 0.6 is 11.3 Å². The number of aromatic nitrogens is 1. The third-order valence-corrected chi connectivity index (χ3v) is 4.33. The van der Waals surface area contributed by atoms with E-state index in [2.05, 4.69) is 29.5 Å². The molecule has 0 saturated carbocycles. The first-order valence-electron chi connectivity index (χ1n) is 6.79. The van der Waals surface area contributed by atoms with Gasteiger partial charge in [0.15, 0.2) is 5.13 Å². The lowest BCUT2D eigenvalue weighted by Crippen LogP contribution is -2.36. The van der Waals surface area contributed by atoms with Crippen LogP contribution in [0.15, 0.2) is 0 Å². The van der Waals surface area contributed by atoms with Crippen LogP contribution in [-0.4, -0.2) is 37.2 Å². The zero-order valence-electron chi connectivity index (χ0n) is 12.5. The van der Waals surface area contributed by atoms with Gasteiger partial charge >= 0.3 is 0 Å². The van der Waals surface area contributed by atoms with Crippen molar-refractivity contribution in [2.45, 2.75) is 33.2 Å². The number of ether oxygens (including phenoxy) is 1. The van der Waals surface area contributed by atoms with Gasteiger partial charge in [-0.1, -0.05) is 31.6 Å². The fourth-order valence-electron chi connectivity index (χ4n) is 1.60. The van der Waals surface area contributed by atoms with Crippen molar-refractivity contribution in [1.82, 2.24) is 10.3 Å². The van der Waals surface area contributed by atoms with Crippen LogP contribution in [0.5, 0.6) is 0 Å². The number of nitrogens with two attached hydrogens (primary N) is 1. The second-order valence-electron chi connectivity index (χ2n) is 4.80. The first-order chi connectivity index (χ1) is 9.49. The molecule has 1 rings (SSSR count). The number of carbonyl (C=O) groups is 1. The standard InChI is InChI=1S/C13H24N4O2S/c1-5-8(2)9(3)16-12(18)10-11(14)17-13(20-10)15-6-7-19-4/h8-9H,5-7,14H2,1-4H3,(H,15,17)(H,16,18). The third-order valence-electron chi connectivity index (χ3n) is 3.30. The van der Waals surface area contributed by atoms with Crippen molar-refractivity contribution in [3.8, 4) is 0 Å². The topological polar surface area (TPSA) is 89.3 Å². The number of anilines is 2. The van der Waals surface area contributed by atoms with Crippen molar-refractivity contribution < 1.29 is 9.53 Å². The highest BCUT2D eigenvalue weighted by Gasteiger charge is 2.19. The number of hydrogen-bond acceptors (Lipinski definition) is 6. The smallest absolute Gasteiger partial charge is 0.265 e. The molecule has 0 saturated heterocycles. The van der Waals surface area contributed by atoms with Gasteiger partial charge in [0.25, 0.3) is 5.91 Å². The Morgan fingerprint density at radius 3 is 2.80 bits per heavy atom. The highest BCUT2D eigenvalue weighted by atomic mass is 32.1. The largest absolute Gasteiger partial charge is 0.383 e. The molecule has 0 spiro atoms. The predicted octanol–water partition coefficient (Wildman–Crippen LogP) is 1.95. The monoisotopic (exact) mass is 300 g/mol. The molecule has 4 N–H and O–H groups in total. The van der Waals surface area contributed by atoms with Gasteiger partial charge < -0.3 is 21.1 Å². The van der Waals surface area contributed by atoms with Crippen LogP contribution in [0.3, 0.4) is 0 Å². The van der Waals surface area contributed by atoms with E-state index >= 15 is 0 Å². The highest BCUT2D eigenvalue weighted by Crippen LogP contribution is 2.25. The van der Waals surface area contributed by atoms with E-state index in [0.29, 0.717) is 29.1 Å². The molecule has 20 heavy (non-hydrogen) atoms. The van der Waals surface area contributed by atoms with Crippen LogP contribution in [-0.2, 0) is 4.74 Å². The number of nitrogen functional groups attached to an aromatic ring is 1. The van der Waals surface area contributed by atoms with E-state index < -0.39 is 0 Å². The minimum Gasteiger partial charge on any atom is -0.383 e. The molecule has 2 unspecified atom stereocenters. The van der Waals surface area contributed by atoms with E-state index in [-0.39, 0.29) is 17.8 Å². The molecule has 1 amide bonds. The van der Waals surface area contributed by atoms with Crippen LogP contribution in [0.25, 0.3) is 0 Å². The number of hydrogen-bond donors (Lipinski definition) is 3. The van der Waals surface area contributed by atoms with Gasteiger partial charge in [-0.2, -0.15) is 0 Å². The minimum atomic E-state index is -0.160. The molecule has 0 radical (unpaired) electrons. The fourth-order valence-corrected chi connectivity index (χ4v) is 2.41. The summed E-state index contributed by atoms with van der Waals surface area (Å²) in [6.45, 7) is 7.42. The maximum Gasteiger partial charge on any atom is 0.265 e. The highest BCUT2D eigenvalue weighted by molar-refractivity contribution is 7.18. The molecule has 1 aromatic rings. The summed E-state index contributed by atoms with van der Waals surface area (Å²) >= 11 is 1.26. The lowest BCUT2D eigenvalue weighted by atomic mass is 10.0. The quantitative estimate of drug-likeness (QED) is 0.639. The maximum absolute atomic E-state index is 12.2. The van der Waals surface area contributed by atoms with Crippen molar-refractivity contribution in [2.75, 3.05) is 31.3 Å². The summed E-state index contributed by atoms with van der Waals surface area (Å²) in [5.41, 5.74) is 5.80. The van der Waals surface area contributed by atoms with Gasteiger partial charge in [-0.05, 0) is 12.8 Å². The third kappa shape index (κ3) is 4.64. The molecule has 0 bridgehead atoms. The average molecular weight is 300 g/mol. The Hall–Kier alpha value is -1.34. The Morgan fingerprint density at radius 1 is 1.50 bits per heavy atom. The van der Waals surface area contributed by atoms with Gasteiger partial charge in [-0.3, -0.25) is 4.79 Å². The molecule has 0 aliphatic heterocycles. The molecule has 0 fully saturated rings. The first-order valence-corrected chi connectivity index (χ1v) is 7.61. The van der Waals surface area contributed by atoms with E-state index in [1.54, 1.807) is 7.11 Å². The van der Waals surface area contributed by atoms with Crippen molar-refractivity contribution >= 4 is 28.2 Å². The van der Waals surface area contributed by atoms with Gasteiger partial charge in [0.2, 0.25) is 0 Å². The molecular formula is C13H24N4O2S. The Morgan fingerprint density at radius 2 is 2.20 bits per heavy atom. The van der Waals surface area contributed by atoms with Crippen LogP contribution in [0.1, 0.15) is 36.9 Å². The zero-order chi connectivity index (χ0) is 15.1. The molecule has 114 valence electrons. The number of nitrogens with one attached hydrogen (secondary N) is 2. The second kappa shape index (κ2) is 8.06. The van der Waals surface area contributed by atoms with Gasteiger partial charge in [-0.25, -0.2) is 4.98 Å². The number of carbonyl (C=O) groups excluding carboxylic acids is 1. The lowest BCUT2D eigenvalue weighted by molar-refractivity contribution is 0.0933. The van der Waals surface area contributed by atoms with E-state index in [4.69, 9.17) is 10.5 Å². The van der Waals surface area contributed by atoms with Crippen LogP contribution in [0.4, 0.5) is 10.9 Å². The number of amides is 1. The fraction of sp³-hybridized carbons (Fsp3) is 0.692. The Kier molecular flexibility index (Phi) is 6.74. The summed E-state index contributed by atoms with van der Waals surface area (Å²) in [5, 5.41) is 6.68. The van der Waals surface area contributed by atoms with Crippen molar-refractivity contribution in [2.24, 2.45) is 5.92 Å². The molecule has 1 aromatic heterocycles. The minimum absolute atomic E-state index is 0.110. The Bertz CT molecular complexity index is 436. The number of thiazole rings is 1. The van der Waals surface area contributed by atoms with Crippen molar-refractivity contribution in [1.29, 1.82) is 0 Å². The Labute approximate surface area is 124 Å². The van der Waals surface area contributed by atoms with Crippen LogP contribution < -0.4 is 16.4 Å². The molecule has 7 heteroatoms. The summed E-state index contributed by atoms with van der Waals surface area (Å²) in [4.78, 5) is 16.8. The summed E-state index contributed by atoms with van der Waals surface area (Å²) < 4.78 is 4.94. The summed E-state index contributed by atoms with van der Waals surface area (Å²) in [6, 6.07) is 0.110. The normalized spacial score (nSPS) is 13.8. The second-order valence-corrected chi connectivity index (χ2v) is 5.80. The van der Waals surface area contributed by atoms with Gasteiger partial charge in [0.1, 0.15) is 10.7 Å². The predicted molar refractivity (Wildman–Crippen MR) is 83.3 cm³/mol. The molecular weight excluding hydrogens is 276 g/mol. The number of methoxy groups -OCH3 is 1.